The predicted molar refractivity (Wildman–Crippen MR) is 60.0 cm³/mol. The molecule has 1 unspecified atom stereocenters. The van der Waals surface area contributed by atoms with Gasteiger partial charge in [0.1, 0.15) is 6.61 Å². The molecule has 0 amide bonds. The van der Waals surface area contributed by atoms with Gasteiger partial charge in [0.15, 0.2) is 0 Å². The molecule has 0 aliphatic heterocycles. The molecule has 0 fully saturated rings. The summed E-state index contributed by atoms with van der Waals surface area (Å²) in [4.78, 5) is 22.1. The summed E-state index contributed by atoms with van der Waals surface area (Å²) in [7, 11) is 0. The second kappa shape index (κ2) is 6.00. The molecule has 0 bridgehead atoms. The standard InChI is InChI=1S/C12H14O5/c1-2-10(13)7-17-12(16)9-5-3-8(4-6-9)11(14)15/h3-6,10,13H,2,7H2,1H3,(H,14,15). The summed E-state index contributed by atoms with van der Waals surface area (Å²) in [5.74, 6) is -1.62. The van der Waals surface area contributed by atoms with Gasteiger partial charge in [-0.25, -0.2) is 9.59 Å². The fourth-order valence-corrected chi connectivity index (χ4v) is 1.12. The molecule has 1 aromatic carbocycles. The van der Waals surface area contributed by atoms with Crippen molar-refractivity contribution in [1.82, 2.24) is 0 Å². The first-order valence-electron chi connectivity index (χ1n) is 5.23. The summed E-state index contributed by atoms with van der Waals surface area (Å²) in [5.41, 5.74) is 0.369. The summed E-state index contributed by atoms with van der Waals surface area (Å²) < 4.78 is 4.84. The SMILES string of the molecule is CCC(O)COC(=O)c1ccc(C(=O)O)cc1. The zero-order valence-electron chi connectivity index (χ0n) is 9.42. The molecule has 0 aromatic heterocycles. The monoisotopic (exact) mass is 238 g/mol. The highest BCUT2D eigenvalue weighted by Gasteiger charge is 2.10. The van der Waals surface area contributed by atoms with Gasteiger partial charge in [-0.2, -0.15) is 0 Å². The number of carbonyl (C=O) groups is 2. The molecule has 1 atom stereocenters. The second-order valence-electron chi connectivity index (χ2n) is 3.54. The van der Waals surface area contributed by atoms with Gasteiger partial charge in [-0.05, 0) is 30.7 Å². The third kappa shape index (κ3) is 3.88. The fraction of sp³-hybridized carbons (Fsp3) is 0.333. The number of aliphatic hydroxyl groups is 1. The smallest absolute Gasteiger partial charge is 0.338 e. The number of hydrogen-bond donors (Lipinski definition) is 2. The van der Waals surface area contributed by atoms with Crippen molar-refractivity contribution in [2.75, 3.05) is 6.61 Å². The van der Waals surface area contributed by atoms with Gasteiger partial charge < -0.3 is 14.9 Å². The van der Waals surface area contributed by atoms with E-state index in [1.54, 1.807) is 6.92 Å². The first-order valence-corrected chi connectivity index (χ1v) is 5.23. The van der Waals surface area contributed by atoms with Crippen molar-refractivity contribution >= 4 is 11.9 Å². The van der Waals surface area contributed by atoms with Crippen molar-refractivity contribution in [2.45, 2.75) is 19.4 Å². The molecule has 92 valence electrons. The van der Waals surface area contributed by atoms with Crippen LogP contribution in [0.4, 0.5) is 0 Å². The lowest BCUT2D eigenvalue weighted by Gasteiger charge is -2.08. The van der Waals surface area contributed by atoms with E-state index in [9.17, 15) is 14.7 Å². The van der Waals surface area contributed by atoms with Crippen LogP contribution in [0.1, 0.15) is 34.1 Å². The van der Waals surface area contributed by atoms with E-state index >= 15 is 0 Å². The van der Waals surface area contributed by atoms with Gasteiger partial charge in [0.05, 0.1) is 17.2 Å². The van der Waals surface area contributed by atoms with Crippen LogP contribution in [0.3, 0.4) is 0 Å². The number of carboxylic acids is 1. The molecular weight excluding hydrogens is 224 g/mol. The number of hydrogen-bond acceptors (Lipinski definition) is 4. The lowest BCUT2D eigenvalue weighted by atomic mass is 10.1. The molecule has 0 aliphatic carbocycles. The fourth-order valence-electron chi connectivity index (χ4n) is 1.12. The van der Waals surface area contributed by atoms with Crippen LogP contribution in [0.2, 0.25) is 0 Å². The second-order valence-corrected chi connectivity index (χ2v) is 3.54. The van der Waals surface area contributed by atoms with Crippen LogP contribution in [-0.4, -0.2) is 34.9 Å². The average molecular weight is 238 g/mol. The molecule has 1 rings (SSSR count). The molecule has 0 aliphatic rings. The highest BCUT2D eigenvalue weighted by Crippen LogP contribution is 2.06. The number of aliphatic hydroxyl groups excluding tert-OH is 1. The third-order valence-corrected chi connectivity index (χ3v) is 2.25. The van der Waals surface area contributed by atoms with Gasteiger partial charge >= 0.3 is 11.9 Å². The number of benzene rings is 1. The molecule has 0 saturated heterocycles. The Bertz CT molecular complexity index is 396. The predicted octanol–water partition coefficient (Wildman–Crippen LogP) is 1.31. The minimum absolute atomic E-state index is 0.0595. The van der Waals surface area contributed by atoms with Crippen molar-refractivity contribution in [2.24, 2.45) is 0 Å². The Hall–Kier alpha value is -1.88. The minimum atomic E-state index is -1.05. The highest BCUT2D eigenvalue weighted by atomic mass is 16.5. The third-order valence-electron chi connectivity index (χ3n) is 2.25. The first kappa shape index (κ1) is 13.2. The van der Waals surface area contributed by atoms with E-state index in [-0.39, 0.29) is 17.7 Å². The van der Waals surface area contributed by atoms with Crippen molar-refractivity contribution in [1.29, 1.82) is 0 Å². The minimum Gasteiger partial charge on any atom is -0.478 e. The summed E-state index contributed by atoms with van der Waals surface area (Å²) in [5, 5.41) is 17.9. The van der Waals surface area contributed by atoms with Crippen LogP contribution in [-0.2, 0) is 4.74 Å². The van der Waals surface area contributed by atoms with Crippen molar-refractivity contribution < 1.29 is 24.5 Å². The zero-order chi connectivity index (χ0) is 12.8. The van der Waals surface area contributed by atoms with E-state index in [4.69, 9.17) is 9.84 Å². The number of carbonyl (C=O) groups excluding carboxylic acids is 1. The first-order chi connectivity index (χ1) is 8.04. The molecular formula is C12H14O5. The van der Waals surface area contributed by atoms with Gasteiger partial charge in [-0.15, -0.1) is 0 Å². The Labute approximate surface area is 98.6 Å². The van der Waals surface area contributed by atoms with Gasteiger partial charge in [0.25, 0.3) is 0 Å². The Morgan fingerprint density at radius 3 is 2.24 bits per heavy atom. The van der Waals surface area contributed by atoms with Gasteiger partial charge in [0.2, 0.25) is 0 Å². The normalized spacial score (nSPS) is 11.9. The number of ether oxygens (including phenoxy) is 1. The lowest BCUT2D eigenvalue weighted by molar-refractivity contribution is 0.0250. The summed E-state index contributed by atoms with van der Waals surface area (Å²) >= 11 is 0. The van der Waals surface area contributed by atoms with Gasteiger partial charge in [0, 0.05) is 0 Å². The van der Waals surface area contributed by atoms with Crippen molar-refractivity contribution in [3.8, 4) is 0 Å². The molecule has 17 heavy (non-hydrogen) atoms. The van der Waals surface area contributed by atoms with Crippen LogP contribution < -0.4 is 0 Å². The Kier molecular flexibility index (Phi) is 4.66. The number of aromatic carboxylic acids is 1. The van der Waals surface area contributed by atoms with E-state index in [0.29, 0.717) is 6.42 Å². The Morgan fingerprint density at radius 2 is 1.76 bits per heavy atom. The maximum absolute atomic E-state index is 11.5. The van der Waals surface area contributed by atoms with Gasteiger partial charge in [-0.3, -0.25) is 0 Å². The van der Waals surface area contributed by atoms with Crippen LogP contribution in [0.5, 0.6) is 0 Å². The quantitative estimate of drug-likeness (QED) is 0.755. The summed E-state index contributed by atoms with van der Waals surface area (Å²) in [6.45, 7) is 1.72. The molecule has 2 N–H and O–H groups in total. The lowest BCUT2D eigenvalue weighted by Crippen LogP contribution is -2.17. The van der Waals surface area contributed by atoms with Crippen LogP contribution in [0, 0.1) is 0 Å². The van der Waals surface area contributed by atoms with Crippen LogP contribution in [0.15, 0.2) is 24.3 Å². The van der Waals surface area contributed by atoms with Crippen molar-refractivity contribution in [3.05, 3.63) is 35.4 Å². The van der Waals surface area contributed by atoms with E-state index < -0.39 is 18.0 Å². The largest absolute Gasteiger partial charge is 0.478 e. The molecule has 0 saturated carbocycles. The van der Waals surface area contributed by atoms with E-state index in [1.165, 1.54) is 24.3 Å². The van der Waals surface area contributed by atoms with Crippen molar-refractivity contribution in [3.63, 3.8) is 0 Å². The topological polar surface area (TPSA) is 83.8 Å². The van der Waals surface area contributed by atoms with E-state index in [2.05, 4.69) is 0 Å². The highest BCUT2D eigenvalue weighted by molar-refractivity contribution is 5.92. The molecule has 5 nitrogen and oxygen atoms in total. The van der Waals surface area contributed by atoms with Gasteiger partial charge in [-0.1, -0.05) is 6.92 Å². The van der Waals surface area contributed by atoms with Crippen LogP contribution >= 0.6 is 0 Å². The number of carboxylic acid groups (broad SMARTS) is 1. The molecule has 5 heteroatoms. The number of rotatable bonds is 5. The summed E-state index contributed by atoms with van der Waals surface area (Å²) in [6, 6.07) is 5.42. The molecule has 1 aromatic rings. The molecule has 0 heterocycles. The summed E-state index contributed by atoms with van der Waals surface area (Å²) in [6.07, 6.45) is -0.164. The maximum atomic E-state index is 11.5. The molecule has 0 radical (unpaired) electrons. The Morgan fingerprint density at radius 1 is 1.24 bits per heavy atom. The maximum Gasteiger partial charge on any atom is 0.338 e. The van der Waals surface area contributed by atoms with Crippen LogP contribution in [0.25, 0.3) is 0 Å². The Balaban J connectivity index is 2.61. The molecule has 0 spiro atoms. The number of esters is 1. The van der Waals surface area contributed by atoms with E-state index in [0.717, 1.165) is 0 Å². The van der Waals surface area contributed by atoms with E-state index in [1.807, 2.05) is 0 Å². The zero-order valence-corrected chi connectivity index (χ0v) is 9.42. The average Bonchev–Trinajstić information content (AvgIpc) is 2.35.